The molecule has 2 N–H and O–H groups in total. The fourth-order valence-corrected chi connectivity index (χ4v) is 2.32. The van der Waals surface area contributed by atoms with Crippen LogP contribution in [0, 0.1) is 5.41 Å². The second-order valence-corrected chi connectivity index (χ2v) is 5.14. The number of alkyl halides is 3. The minimum Gasteiger partial charge on any atom is -0.340 e. The van der Waals surface area contributed by atoms with Crippen molar-refractivity contribution in [3.63, 3.8) is 0 Å². The summed E-state index contributed by atoms with van der Waals surface area (Å²) < 4.78 is 38.1. The summed E-state index contributed by atoms with van der Waals surface area (Å²) in [6.45, 7) is 0. The van der Waals surface area contributed by atoms with Gasteiger partial charge in [-0.25, -0.2) is 0 Å². The molecule has 3 aromatic rings. The number of halogens is 3. The van der Waals surface area contributed by atoms with Crippen molar-refractivity contribution in [1.29, 1.82) is 5.41 Å². The highest BCUT2D eigenvalue weighted by Crippen LogP contribution is 2.32. The Balaban J connectivity index is 1.88. The lowest BCUT2D eigenvalue weighted by Gasteiger charge is -2.11. The lowest BCUT2D eigenvalue weighted by atomic mass is 10.1. The smallest absolute Gasteiger partial charge is 0.340 e. The Morgan fingerprint density at radius 2 is 1.48 bits per heavy atom. The molecule has 0 saturated heterocycles. The van der Waals surface area contributed by atoms with Gasteiger partial charge in [0.05, 0.1) is 5.56 Å². The van der Waals surface area contributed by atoms with E-state index >= 15 is 0 Å². The zero-order chi connectivity index (χ0) is 16.4. The van der Waals surface area contributed by atoms with Gasteiger partial charge >= 0.3 is 6.18 Å². The molecule has 0 radical (unpaired) electrons. The maximum Gasteiger partial charge on any atom is 0.416 e. The molecule has 2 nitrogen and oxygen atoms in total. The molecule has 0 fully saturated rings. The van der Waals surface area contributed by atoms with Crippen LogP contribution < -0.4 is 5.32 Å². The monoisotopic (exact) mass is 314 g/mol. The van der Waals surface area contributed by atoms with Crippen LogP contribution in [0.15, 0.2) is 66.7 Å². The van der Waals surface area contributed by atoms with Gasteiger partial charge in [0.25, 0.3) is 0 Å². The molecule has 5 heteroatoms. The average molecular weight is 314 g/mol. The Labute approximate surface area is 131 Å². The van der Waals surface area contributed by atoms with Gasteiger partial charge in [0.1, 0.15) is 5.84 Å². The van der Waals surface area contributed by atoms with Gasteiger partial charge in [-0.3, -0.25) is 5.41 Å². The minimum atomic E-state index is -4.35. The number of rotatable bonds is 2. The van der Waals surface area contributed by atoms with E-state index in [1.807, 2.05) is 30.3 Å². The standard InChI is InChI=1S/C18H13F3N2/c19-18(20,21)15-8-6-14-11-16(9-7-13(14)10-15)23-17(22)12-4-2-1-3-5-12/h1-11H,(H2,22,23). The van der Waals surface area contributed by atoms with Crippen molar-refractivity contribution in [2.24, 2.45) is 0 Å². The van der Waals surface area contributed by atoms with Crippen LogP contribution in [0.25, 0.3) is 10.8 Å². The van der Waals surface area contributed by atoms with Gasteiger partial charge in [0, 0.05) is 11.3 Å². The van der Waals surface area contributed by atoms with Crippen molar-refractivity contribution < 1.29 is 13.2 Å². The molecule has 0 amide bonds. The van der Waals surface area contributed by atoms with Crippen molar-refractivity contribution in [3.05, 3.63) is 77.9 Å². The molecule has 0 atom stereocenters. The molecule has 0 spiro atoms. The third-order valence-electron chi connectivity index (χ3n) is 3.50. The summed E-state index contributed by atoms with van der Waals surface area (Å²) >= 11 is 0. The molecule has 23 heavy (non-hydrogen) atoms. The van der Waals surface area contributed by atoms with Crippen LogP contribution in [-0.4, -0.2) is 5.84 Å². The van der Waals surface area contributed by atoms with Crippen molar-refractivity contribution in [2.75, 3.05) is 5.32 Å². The Hall–Kier alpha value is -2.82. The minimum absolute atomic E-state index is 0.233. The number of amidine groups is 1. The van der Waals surface area contributed by atoms with E-state index in [1.54, 1.807) is 18.2 Å². The first-order valence-electron chi connectivity index (χ1n) is 6.95. The third-order valence-corrected chi connectivity index (χ3v) is 3.50. The first-order chi connectivity index (χ1) is 10.9. The highest BCUT2D eigenvalue weighted by Gasteiger charge is 2.30. The predicted octanol–water partition coefficient (Wildman–Crippen LogP) is 5.30. The fourth-order valence-electron chi connectivity index (χ4n) is 2.32. The zero-order valence-electron chi connectivity index (χ0n) is 12.0. The lowest BCUT2D eigenvalue weighted by Crippen LogP contribution is -2.11. The Bertz CT molecular complexity index is 855. The van der Waals surface area contributed by atoms with E-state index in [2.05, 4.69) is 5.32 Å². The Morgan fingerprint density at radius 3 is 2.17 bits per heavy atom. The molecule has 0 heterocycles. The van der Waals surface area contributed by atoms with Crippen LogP contribution in [0.3, 0.4) is 0 Å². The van der Waals surface area contributed by atoms with Crippen LogP contribution in [0.5, 0.6) is 0 Å². The van der Waals surface area contributed by atoms with Crippen molar-refractivity contribution in [3.8, 4) is 0 Å². The Kier molecular flexibility index (Phi) is 3.78. The van der Waals surface area contributed by atoms with Crippen LogP contribution in [0.1, 0.15) is 11.1 Å². The highest BCUT2D eigenvalue weighted by atomic mass is 19.4. The summed E-state index contributed by atoms with van der Waals surface area (Å²) in [7, 11) is 0. The number of hydrogen-bond acceptors (Lipinski definition) is 1. The molecule has 0 saturated carbocycles. The fraction of sp³-hybridized carbons (Fsp3) is 0.0556. The molecule has 0 aliphatic rings. The van der Waals surface area contributed by atoms with Gasteiger partial charge in [0.2, 0.25) is 0 Å². The summed E-state index contributed by atoms with van der Waals surface area (Å²) in [5, 5.41) is 12.2. The van der Waals surface area contributed by atoms with Gasteiger partial charge in [-0.15, -0.1) is 0 Å². The predicted molar refractivity (Wildman–Crippen MR) is 85.8 cm³/mol. The number of benzene rings is 3. The van der Waals surface area contributed by atoms with Crippen LogP contribution >= 0.6 is 0 Å². The first-order valence-corrected chi connectivity index (χ1v) is 6.95. The summed E-state index contributed by atoms with van der Waals surface area (Å²) in [6, 6.07) is 17.8. The maximum atomic E-state index is 12.7. The van der Waals surface area contributed by atoms with Gasteiger partial charge in [-0.2, -0.15) is 13.2 Å². The molecule has 116 valence electrons. The zero-order valence-corrected chi connectivity index (χ0v) is 12.0. The highest BCUT2D eigenvalue weighted by molar-refractivity contribution is 6.06. The van der Waals surface area contributed by atoms with Gasteiger partial charge in [0.15, 0.2) is 0 Å². The van der Waals surface area contributed by atoms with E-state index in [4.69, 9.17) is 5.41 Å². The Morgan fingerprint density at radius 1 is 0.826 bits per heavy atom. The molecule has 3 rings (SSSR count). The second kappa shape index (κ2) is 5.76. The molecule has 0 bridgehead atoms. The number of hydrogen-bond donors (Lipinski definition) is 2. The van der Waals surface area contributed by atoms with E-state index in [-0.39, 0.29) is 5.84 Å². The number of fused-ring (bicyclic) bond motifs is 1. The molecular formula is C18H13F3N2. The van der Waals surface area contributed by atoms with Crippen molar-refractivity contribution in [1.82, 2.24) is 0 Å². The van der Waals surface area contributed by atoms with E-state index in [0.29, 0.717) is 16.5 Å². The third kappa shape index (κ3) is 3.34. The summed E-state index contributed by atoms with van der Waals surface area (Å²) in [5.74, 6) is 0.233. The molecular weight excluding hydrogens is 301 g/mol. The number of nitrogens with one attached hydrogen (secondary N) is 2. The number of anilines is 1. The second-order valence-electron chi connectivity index (χ2n) is 5.14. The molecule has 0 aliphatic carbocycles. The molecule has 0 aliphatic heterocycles. The topological polar surface area (TPSA) is 35.9 Å². The average Bonchev–Trinajstić information content (AvgIpc) is 2.54. The van der Waals surface area contributed by atoms with Gasteiger partial charge in [-0.05, 0) is 35.0 Å². The van der Waals surface area contributed by atoms with Crippen LogP contribution in [0.2, 0.25) is 0 Å². The largest absolute Gasteiger partial charge is 0.416 e. The first kappa shape index (κ1) is 15.1. The van der Waals surface area contributed by atoms with E-state index < -0.39 is 11.7 Å². The van der Waals surface area contributed by atoms with Crippen molar-refractivity contribution in [2.45, 2.75) is 6.18 Å². The van der Waals surface area contributed by atoms with Crippen LogP contribution in [0.4, 0.5) is 18.9 Å². The summed E-state index contributed by atoms with van der Waals surface area (Å²) in [5.41, 5.74) is 0.730. The van der Waals surface area contributed by atoms with E-state index in [9.17, 15) is 13.2 Å². The normalized spacial score (nSPS) is 11.4. The summed E-state index contributed by atoms with van der Waals surface area (Å²) in [4.78, 5) is 0. The molecule has 0 unspecified atom stereocenters. The van der Waals surface area contributed by atoms with Gasteiger partial charge in [-0.1, -0.05) is 42.5 Å². The maximum absolute atomic E-state index is 12.7. The van der Waals surface area contributed by atoms with E-state index in [1.165, 1.54) is 6.07 Å². The van der Waals surface area contributed by atoms with Crippen LogP contribution in [-0.2, 0) is 6.18 Å². The molecule has 0 aromatic heterocycles. The lowest BCUT2D eigenvalue weighted by molar-refractivity contribution is -0.137. The molecule has 3 aromatic carbocycles. The SMILES string of the molecule is N=C(Nc1ccc2cc(C(F)(F)F)ccc2c1)c1ccccc1. The quantitative estimate of drug-likeness (QED) is 0.489. The van der Waals surface area contributed by atoms with Gasteiger partial charge < -0.3 is 5.32 Å². The van der Waals surface area contributed by atoms with E-state index in [0.717, 1.165) is 17.7 Å². The summed E-state index contributed by atoms with van der Waals surface area (Å²) in [6.07, 6.45) is -4.35. The van der Waals surface area contributed by atoms with Crippen molar-refractivity contribution >= 4 is 22.3 Å².